The highest BCUT2D eigenvalue weighted by Gasteiger charge is 2.35. The van der Waals surface area contributed by atoms with Gasteiger partial charge < -0.3 is 4.90 Å². The maximum atomic E-state index is 12.1. The molecule has 1 amide bonds. The summed E-state index contributed by atoms with van der Waals surface area (Å²) >= 11 is 0. The molecule has 2 unspecified atom stereocenters. The molecule has 0 saturated carbocycles. The van der Waals surface area contributed by atoms with Crippen molar-refractivity contribution in [2.45, 2.75) is 45.3 Å². The van der Waals surface area contributed by atoms with Crippen molar-refractivity contribution in [1.29, 1.82) is 0 Å². The van der Waals surface area contributed by atoms with Crippen LogP contribution in [0.4, 0.5) is 5.69 Å². The van der Waals surface area contributed by atoms with Crippen LogP contribution < -0.4 is 5.32 Å². The van der Waals surface area contributed by atoms with Gasteiger partial charge in [-0.15, -0.1) is 0 Å². The van der Waals surface area contributed by atoms with Crippen LogP contribution in [0.15, 0.2) is 24.3 Å². The number of nitrogens with zero attached hydrogens (tertiary/aromatic N) is 2. The summed E-state index contributed by atoms with van der Waals surface area (Å²) in [6.07, 6.45) is 2.81. The molecule has 2 atom stereocenters. The van der Waals surface area contributed by atoms with Crippen molar-refractivity contribution in [1.82, 2.24) is 10.2 Å². The third kappa shape index (κ3) is 3.39. The van der Waals surface area contributed by atoms with Gasteiger partial charge in [0, 0.05) is 18.2 Å². The molecule has 6 heteroatoms. The maximum Gasteiger partial charge on any atom is 0.269 e. The lowest BCUT2D eigenvalue weighted by Gasteiger charge is -2.30. The Balaban J connectivity index is 2.22. The number of carbonyl (C=O) groups excluding carboxylic acids is 1. The first kappa shape index (κ1) is 15.4. The van der Waals surface area contributed by atoms with Crippen molar-refractivity contribution in [2.24, 2.45) is 0 Å². The van der Waals surface area contributed by atoms with E-state index in [0.717, 1.165) is 24.8 Å². The SMILES string of the molecule is CCCCC(C)N1C(=O)CNC1c1cccc([N+](=O)[O-])c1. The fourth-order valence-electron chi connectivity index (χ4n) is 2.74. The summed E-state index contributed by atoms with van der Waals surface area (Å²) in [5.41, 5.74) is 0.813. The molecule has 0 aliphatic carbocycles. The molecule has 0 spiro atoms. The van der Waals surface area contributed by atoms with Gasteiger partial charge in [-0.1, -0.05) is 31.9 Å². The maximum absolute atomic E-state index is 12.1. The fraction of sp³-hybridized carbons (Fsp3) is 0.533. The van der Waals surface area contributed by atoms with Crippen LogP contribution in [0, 0.1) is 10.1 Å². The minimum atomic E-state index is -0.412. The van der Waals surface area contributed by atoms with Crippen molar-refractivity contribution in [3.8, 4) is 0 Å². The Morgan fingerprint density at radius 2 is 2.29 bits per heavy atom. The van der Waals surface area contributed by atoms with E-state index in [0.29, 0.717) is 0 Å². The van der Waals surface area contributed by atoms with E-state index < -0.39 is 4.92 Å². The number of nitro groups is 1. The second kappa shape index (κ2) is 6.67. The van der Waals surface area contributed by atoms with Gasteiger partial charge in [0.05, 0.1) is 11.5 Å². The number of amides is 1. The smallest absolute Gasteiger partial charge is 0.269 e. The van der Waals surface area contributed by atoms with E-state index in [4.69, 9.17) is 0 Å². The lowest BCUT2D eigenvalue weighted by Crippen LogP contribution is -2.37. The predicted molar refractivity (Wildman–Crippen MR) is 79.7 cm³/mol. The van der Waals surface area contributed by atoms with Crippen LogP contribution in [0.25, 0.3) is 0 Å². The van der Waals surface area contributed by atoms with Gasteiger partial charge in [-0.3, -0.25) is 20.2 Å². The van der Waals surface area contributed by atoms with Gasteiger partial charge in [0.2, 0.25) is 5.91 Å². The second-order valence-electron chi connectivity index (χ2n) is 5.43. The second-order valence-corrected chi connectivity index (χ2v) is 5.43. The molecule has 0 radical (unpaired) electrons. The molecule has 1 aromatic carbocycles. The molecule has 1 heterocycles. The molecule has 21 heavy (non-hydrogen) atoms. The third-order valence-corrected chi connectivity index (χ3v) is 3.86. The summed E-state index contributed by atoms with van der Waals surface area (Å²) in [6.45, 7) is 4.43. The van der Waals surface area contributed by atoms with Crippen molar-refractivity contribution in [3.05, 3.63) is 39.9 Å². The van der Waals surface area contributed by atoms with Gasteiger partial charge in [-0.2, -0.15) is 0 Å². The summed E-state index contributed by atoms with van der Waals surface area (Å²) in [4.78, 5) is 24.4. The Hall–Kier alpha value is -1.95. The summed E-state index contributed by atoms with van der Waals surface area (Å²) in [5.74, 6) is 0.0510. The first-order valence-electron chi connectivity index (χ1n) is 7.33. The Morgan fingerprint density at radius 3 is 2.95 bits per heavy atom. The molecule has 1 aliphatic rings. The first-order valence-corrected chi connectivity index (χ1v) is 7.33. The summed E-state index contributed by atoms with van der Waals surface area (Å²) < 4.78 is 0. The van der Waals surface area contributed by atoms with E-state index in [1.807, 2.05) is 17.9 Å². The number of rotatable bonds is 6. The number of nitrogens with one attached hydrogen (secondary N) is 1. The first-order chi connectivity index (χ1) is 10.0. The molecular formula is C15H21N3O3. The zero-order chi connectivity index (χ0) is 15.4. The lowest BCUT2D eigenvalue weighted by molar-refractivity contribution is -0.385. The molecule has 1 N–H and O–H groups in total. The fourth-order valence-corrected chi connectivity index (χ4v) is 2.74. The van der Waals surface area contributed by atoms with Gasteiger partial charge in [0.25, 0.3) is 5.69 Å². The Kier molecular flexibility index (Phi) is 4.90. The Labute approximate surface area is 124 Å². The predicted octanol–water partition coefficient (Wildman–Crippen LogP) is 2.60. The molecular weight excluding hydrogens is 270 g/mol. The molecule has 114 valence electrons. The number of non-ortho nitro benzene ring substituents is 1. The van der Waals surface area contributed by atoms with E-state index in [1.54, 1.807) is 6.07 Å². The highest BCUT2D eigenvalue weighted by Crippen LogP contribution is 2.28. The average molecular weight is 291 g/mol. The Morgan fingerprint density at radius 1 is 1.52 bits per heavy atom. The van der Waals surface area contributed by atoms with Crippen LogP contribution in [0.1, 0.15) is 44.8 Å². The van der Waals surface area contributed by atoms with E-state index in [-0.39, 0.29) is 30.3 Å². The molecule has 1 fully saturated rings. The molecule has 1 aromatic rings. The topological polar surface area (TPSA) is 75.5 Å². The van der Waals surface area contributed by atoms with Crippen molar-refractivity contribution >= 4 is 11.6 Å². The van der Waals surface area contributed by atoms with Crippen molar-refractivity contribution in [2.75, 3.05) is 6.54 Å². The number of hydrogen-bond donors (Lipinski definition) is 1. The molecule has 2 rings (SSSR count). The molecule has 0 bridgehead atoms. The Bertz CT molecular complexity index is 533. The van der Waals surface area contributed by atoms with Crippen LogP contribution in [-0.2, 0) is 4.79 Å². The minimum Gasteiger partial charge on any atom is -0.319 e. The van der Waals surface area contributed by atoms with Crippen molar-refractivity contribution in [3.63, 3.8) is 0 Å². The number of nitro benzene ring substituents is 1. The van der Waals surface area contributed by atoms with Crippen LogP contribution >= 0.6 is 0 Å². The van der Waals surface area contributed by atoms with Gasteiger partial charge in [-0.05, 0) is 18.9 Å². The molecule has 6 nitrogen and oxygen atoms in total. The normalized spacial score (nSPS) is 19.8. The zero-order valence-electron chi connectivity index (χ0n) is 12.4. The van der Waals surface area contributed by atoms with Crippen molar-refractivity contribution < 1.29 is 9.72 Å². The summed E-state index contributed by atoms with van der Waals surface area (Å²) in [6, 6.07) is 6.60. The number of hydrogen-bond acceptors (Lipinski definition) is 4. The number of benzene rings is 1. The highest BCUT2D eigenvalue weighted by atomic mass is 16.6. The van der Waals surface area contributed by atoms with Gasteiger partial charge in [0.1, 0.15) is 6.17 Å². The summed E-state index contributed by atoms with van der Waals surface area (Å²) in [7, 11) is 0. The van der Waals surface area contributed by atoms with Crippen LogP contribution in [0.3, 0.4) is 0 Å². The standard InChI is InChI=1S/C15H21N3O3/c1-3-4-6-11(2)17-14(19)10-16-15(17)12-7-5-8-13(9-12)18(20)21/h5,7-9,11,15-16H,3-4,6,10H2,1-2H3. The van der Waals surface area contributed by atoms with Crippen LogP contribution in [-0.4, -0.2) is 28.3 Å². The summed E-state index contributed by atoms with van der Waals surface area (Å²) in [5, 5.41) is 14.0. The van der Waals surface area contributed by atoms with E-state index >= 15 is 0 Å². The van der Waals surface area contributed by atoms with Crippen LogP contribution in [0.2, 0.25) is 0 Å². The number of carbonyl (C=O) groups is 1. The van der Waals surface area contributed by atoms with Gasteiger partial charge in [0.15, 0.2) is 0 Å². The third-order valence-electron chi connectivity index (χ3n) is 3.86. The quantitative estimate of drug-likeness (QED) is 0.645. The highest BCUT2D eigenvalue weighted by molar-refractivity contribution is 5.81. The van der Waals surface area contributed by atoms with Gasteiger partial charge >= 0.3 is 0 Å². The lowest BCUT2D eigenvalue weighted by atomic mass is 10.1. The molecule has 0 aromatic heterocycles. The zero-order valence-corrected chi connectivity index (χ0v) is 12.4. The monoisotopic (exact) mass is 291 g/mol. The van der Waals surface area contributed by atoms with Crippen LogP contribution in [0.5, 0.6) is 0 Å². The van der Waals surface area contributed by atoms with E-state index in [1.165, 1.54) is 12.1 Å². The van der Waals surface area contributed by atoms with Gasteiger partial charge in [-0.25, -0.2) is 0 Å². The number of unbranched alkanes of at least 4 members (excludes halogenated alkanes) is 1. The van der Waals surface area contributed by atoms with E-state index in [2.05, 4.69) is 12.2 Å². The molecule has 1 aliphatic heterocycles. The molecule has 1 saturated heterocycles. The average Bonchev–Trinajstić information content (AvgIpc) is 2.86. The van der Waals surface area contributed by atoms with E-state index in [9.17, 15) is 14.9 Å². The minimum absolute atomic E-state index is 0.0508. The largest absolute Gasteiger partial charge is 0.319 e.